The van der Waals surface area contributed by atoms with Crippen LogP contribution in [-0.2, 0) is 0 Å². The number of benzene rings is 2. The number of aromatic nitrogens is 1. The molecule has 0 aliphatic rings. The summed E-state index contributed by atoms with van der Waals surface area (Å²) in [5.74, 6) is 1.18. The van der Waals surface area contributed by atoms with Crippen LogP contribution >= 0.6 is 0 Å². The van der Waals surface area contributed by atoms with Gasteiger partial charge in [0, 0.05) is 5.56 Å². The summed E-state index contributed by atoms with van der Waals surface area (Å²) < 4.78 is 10.8. The molecular weight excluding hydrogens is 257 g/mol. The molecule has 3 rings (SSSR count). The molecule has 0 unspecified atom stereocenters. The van der Waals surface area contributed by atoms with Crippen molar-refractivity contribution >= 4 is 23.7 Å². The normalized spacial score (nSPS) is 10.8. The van der Waals surface area contributed by atoms with E-state index < -0.39 is 7.12 Å². The molecule has 2 N–H and O–H groups in total. The number of oxazole rings is 1. The van der Waals surface area contributed by atoms with Gasteiger partial charge < -0.3 is 19.2 Å². The fourth-order valence-corrected chi connectivity index (χ4v) is 1.98. The molecule has 0 aliphatic carbocycles. The van der Waals surface area contributed by atoms with Gasteiger partial charge >= 0.3 is 7.12 Å². The molecule has 1 aromatic heterocycles. The predicted octanol–water partition coefficient (Wildman–Crippen LogP) is 1.18. The van der Waals surface area contributed by atoms with E-state index in [4.69, 9.17) is 19.2 Å². The van der Waals surface area contributed by atoms with Gasteiger partial charge in [-0.1, -0.05) is 12.1 Å². The molecular formula is C14H12BNO4. The molecule has 20 heavy (non-hydrogen) atoms. The Morgan fingerprint density at radius 3 is 2.75 bits per heavy atom. The number of rotatable bonds is 3. The quantitative estimate of drug-likeness (QED) is 0.698. The van der Waals surface area contributed by atoms with Crippen molar-refractivity contribution in [3.05, 3.63) is 42.5 Å². The molecule has 0 amide bonds. The molecule has 0 aliphatic heterocycles. The molecule has 0 radical (unpaired) electrons. The van der Waals surface area contributed by atoms with Crippen LogP contribution in [-0.4, -0.2) is 29.3 Å². The Bertz CT molecular complexity index is 754. The first kappa shape index (κ1) is 12.7. The maximum atomic E-state index is 9.15. The average molecular weight is 269 g/mol. The summed E-state index contributed by atoms with van der Waals surface area (Å²) in [6.45, 7) is 0. The molecule has 3 aromatic rings. The highest BCUT2D eigenvalue weighted by Gasteiger charge is 2.14. The number of ether oxygens (including phenoxy) is 1. The van der Waals surface area contributed by atoms with Crippen LogP contribution in [0.1, 0.15) is 0 Å². The zero-order chi connectivity index (χ0) is 14.1. The lowest BCUT2D eigenvalue weighted by molar-refractivity contribution is 0.415. The van der Waals surface area contributed by atoms with Crippen LogP contribution in [0.5, 0.6) is 5.75 Å². The largest absolute Gasteiger partial charge is 0.497 e. The van der Waals surface area contributed by atoms with Crippen molar-refractivity contribution < 1.29 is 19.2 Å². The first-order valence-corrected chi connectivity index (χ1v) is 6.08. The van der Waals surface area contributed by atoms with Crippen LogP contribution in [0.4, 0.5) is 0 Å². The Kier molecular flexibility index (Phi) is 3.18. The van der Waals surface area contributed by atoms with Crippen molar-refractivity contribution in [3.8, 4) is 17.2 Å². The maximum Gasteiger partial charge on any atom is 0.488 e. The third kappa shape index (κ3) is 2.26. The Morgan fingerprint density at radius 1 is 1.15 bits per heavy atom. The second-order valence-electron chi connectivity index (χ2n) is 4.35. The lowest BCUT2D eigenvalue weighted by Crippen LogP contribution is -2.29. The summed E-state index contributed by atoms with van der Waals surface area (Å²) in [7, 11) is 0.0740. The number of methoxy groups -OCH3 is 1. The van der Waals surface area contributed by atoms with Gasteiger partial charge in [0.1, 0.15) is 11.3 Å². The van der Waals surface area contributed by atoms with E-state index in [0.29, 0.717) is 22.5 Å². The van der Waals surface area contributed by atoms with Crippen LogP contribution in [0.25, 0.3) is 22.6 Å². The van der Waals surface area contributed by atoms with Gasteiger partial charge in [0.15, 0.2) is 5.58 Å². The van der Waals surface area contributed by atoms with Crippen LogP contribution < -0.4 is 10.2 Å². The first-order valence-electron chi connectivity index (χ1n) is 6.08. The second-order valence-corrected chi connectivity index (χ2v) is 4.35. The van der Waals surface area contributed by atoms with Crippen LogP contribution in [0.3, 0.4) is 0 Å². The van der Waals surface area contributed by atoms with Crippen molar-refractivity contribution in [2.45, 2.75) is 0 Å². The minimum Gasteiger partial charge on any atom is -0.497 e. The number of fused-ring (bicyclic) bond motifs is 1. The Morgan fingerprint density at radius 2 is 2.00 bits per heavy atom. The Labute approximate surface area is 115 Å². The molecule has 0 atom stereocenters. The number of hydrogen-bond acceptors (Lipinski definition) is 5. The fourth-order valence-electron chi connectivity index (χ4n) is 1.98. The van der Waals surface area contributed by atoms with Crippen LogP contribution in [0, 0.1) is 0 Å². The molecule has 0 fully saturated rings. The smallest absolute Gasteiger partial charge is 0.488 e. The summed E-state index contributed by atoms with van der Waals surface area (Å²) >= 11 is 0. The number of hydrogen-bond donors (Lipinski definition) is 2. The van der Waals surface area contributed by atoms with E-state index in [1.54, 1.807) is 25.3 Å². The highest BCUT2D eigenvalue weighted by molar-refractivity contribution is 6.58. The third-order valence-corrected chi connectivity index (χ3v) is 3.03. The molecule has 5 nitrogen and oxygen atoms in total. The van der Waals surface area contributed by atoms with Gasteiger partial charge in [0.05, 0.1) is 7.11 Å². The van der Waals surface area contributed by atoms with Crippen LogP contribution in [0.15, 0.2) is 46.9 Å². The molecule has 0 spiro atoms. The molecule has 0 saturated carbocycles. The maximum absolute atomic E-state index is 9.15. The molecule has 2 aromatic carbocycles. The zero-order valence-corrected chi connectivity index (χ0v) is 10.8. The molecule has 6 heteroatoms. The van der Waals surface area contributed by atoms with Gasteiger partial charge in [-0.15, -0.1) is 0 Å². The fraction of sp³-hybridized carbons (Fsp3) is 0.0714. The summed E-state index contributed by atoms with van der Waals surface area (Å²) in [5.41, 5.74) is 2.33. The summed E-state index contributed by atoms with van der Waals surface area (Å²) in [4.78, 5) is 4.37. The van der Waals surface area contributed by atoms with Gasteiger partial charge in [0.2, 0.25) is 5.89 Å². The lowest BCUT2D eigenvalue weighted by atomic mass is 9.80. The van der Waals surface area contributed by atoms with E-state index in [0.717, 1.165) is 11.3 Å². The number of nitrogens with zero attached hydrogens (tertiary/aromatic N) is 1. The Hall–Kier alpha value is -2.31. The molecule has 0 saturated heterocycles. The van der Waals surface area contributed by atoms with E-state index in [9.17, 15) is 0 Å². The van der Waals surface area contributed by atoms with E-state index in [1.807, 2.05) is 24.3 Å². The molecule has 1 heterocycles. The lowest BCUT2D eigenvalue weighted by Gasteiger charge is -2.00. The average Bonchev–Trinajstić information content (AvgIpc) is 2.90. The van der Waals surface area contributed by atoms with Crippen molar-refractivity contribution in [1.29, 1.82) is 0 Å². The highest BCUT2D eigenvalue weighted by atomic mass is 16.5. The molecule has 100 valence electrons. The standard InChI is InChI=1S/C14H12BNO4/c1-19-11-4-2-3-9(7-11)14-16-12-6-5-10(15(17)18)8-13(12)20-14/h2-8,17-18H,1H3. The minimum atomic E-state index is -1.52. The van der Waals surface area contributed by atoms with Crippen molar-refractivity contribution in [3.63, 3.8) is 0 Å². The van der Waals surface area contributed by atoms with Crippen molar-refractivity contribution in [2.75, 3.05) is 7.11 Å². The Balaban J connectivity index is 2.08. The van der Waals surface area contributed by atoms with Crippen molar-refractivity contribution in [2.24, 2.45) is 0 Å². The van der Waals surface area contributed by atoms with E-state index >= 15 is 0 Å². The molecule has 0 bridgehead atoms. The summed E-state index contributed by atoms with van der Waals surface area (Å²) in [6.07, 6.45) is 0. The van der Waals surface area contributed by atoms with Gasteiger partial charge in [-0.3, -0.25) is 0 Å². The SMILES string of the molecule is COc1cccc(-c2nc3ccc(B(O)O)cc3o2)c1. The van der Waals surface area contributed by atoms with Gasteiger partial charge in [0.25, 0.3) is 0 Å². The highest BCUT2D eigenvalue weighted by Crippen LogP contribution is 2.26. The van der Waals surface area contributed by atoms with E-state index in [1.165, 1.54) is 0 Å². The van der Waals surface area contributed by atoms with E-state index in [2.05, 4.69) is 4.98 Å². The second kappa shape index (κ2) is 4.99. The van der Waals surface area contributed by atoms with Gasteiger partial charge in [-0.25, -0.2) is 4.98 Å². The topological polar surface area (TPSA) is 75.7 Å². The monoisotopic (exact) mass is 269 g/mol. The summed E-state index contributed by atoms with van der Waals surface area (Å²) in [6, 6.07) is 12.2. The first-order chi connectivity index (χ1) is 9.67. The summed E-state index contributed by atoms with van der Waals surface area (Å²) in [5, 5.41) is 18.3. The van der Waals surface area contributed by atoms with E-state index in [-0.39, 0.29) is 0 Å². The predicted molar refractivity (Wildman–Crippen MR) is 75.8 cm³/mol. The van der Waals surface area contributed by atoms with Crippen molar-refractivity contribution in [1.82, 2.24) is 4.98 Å². The third-order valence-electron chi connectivity index (χ3n) is 3.03. The zero-order valence-electron chi connectivity index (χ0n) is 10.8. The van der Waals surface area contributed by atoms with Gasteiger partial charge in [-0.2, -0.15) is 0 Å². The van der Waals surface area contributed by atoms with Crippen LogP contribution in [0.2, 0.25) is 0 Å². The minimum absolute atomic E-state index is 0.367. The van der Waals surface area contributed by atoms with Gasteiger partial charge in [-0.05, 0) is 35.8 Å².